The smallest absolute Gasteiger partial charge is 0.222 e. The first-order valence-corrected chi connectivity index (χ1v) is 11.5. The highest BCUT2D eigenvalue weighted by Crippen LogP contribution is 2.46. The molecule has 0 saturated carbocycles. The lowest BCUT2D eigenvalue weighted by Gasteiger charge is -2.50. The van der Waals surface area contributed by atoms with Crippen LogP contribution in [-0.4, -0.2) is 28.9 Å². The monoisotopic (exact) mass is 412 g/mol. The van der Waals surface area contributed by atoms with Crippen molar-refractivity contribution in [1.82, 2.24) is 9.88 Å². The van der Waals surface area contributed by atoms with Crippen LogP contribution in [-0.2, 0) is 16.6 Å². The van der Waals surface area contributed by atoms with Crippen molar-refractivity contribution in [2.45, 2.75) is 44.1 Å². The number of hydrogen-bond acceptors (Lipinski definition) is 3. The van der Waals surface area contributed by atoms with Crippen molar-refractivity contribution in [2.75, 3.05) is 7.05 Å². The van der Waals surface area contributed by atoms with Gasteiger partial charge in [0.15, 0.2) is 0 Å². The van der Waals surface area contributed by atoms with Gasteiger partial charge < -0.3 is 4.90 Å². The molecule has 150 valence electrons. The summed E-state index contributed by atoms with van der Waals surface area (Å²) in [6.45, 7) is 2.35. The highest BCUT2D eigenvalue weighted by atomic mass is 32.1. The van der Waals surface area contributed by atoms with Crippen LogP contribution in [0.2, 0.25) is 0 Å². The summed E-state index contributed by atoms with van der Waals surface area (Å²) in [7, 11) is 1.98. The van der Waals surface area contributed by atoms with Crippen LogP contribution in [0.15, 0.2) is 54.6 Å². The molecule has 30 heavy (non-hydrogen) atoms. The minimum atomic E-state index is 0.0541. The zero-order valence-corrected chi connectivity index (χ0v) is 18.1. The highest BCUT2D eigenvalue weighted by Gasteiger charge is 2.46. The summed E-state index contributed by atoms with van der Waals surface area (Å²) in [4.78, 5) is 19.3. The van der Waals surface area contributed by atoms with Gasteiger partial charge in [0.25, 0.3) is 0 Å². The maximum absolute atomic E-state index is 12.2. The van der Waals surface area contributed by atoms with Gasteiger partial charge in [-0.05, 0) is 47.9 Å². The van der Waals surface area contributed by atoms with E-state index in [1.54, 1.807) is 11.3 Å². The zero-order chi connectivity index (χ0) is 20.5. The van der Waals surface area contributed by atoms with Crippen LogP contribution in [0.1, 0.15) is 37.3 Å². The molecule has 0 spiro atoms. The molecule has 6 rings (SSSR count). The normalized spacial score (nSPS) is 23.6. The fourth-order valence-corrected chi connectivity index (χ4v) is 6.68. The number of thiazole rings is 1. The van der Waals surface area contributed by atoms with Gasteiger partial charge in [0.1, 0.15) is 5.01 Å². The number of aromatic nitrogens is 1. The Balaban J connectivity index is 1.44. The van der Waals surface area contributed by atoms with Crippen molar-refractivity contribution in [3.63, 3.8) is 0 Å². The molecule has 2 aliphatic rings. The molecular weight excluding hydrogens is 388 g/mol. The van der Waals surface area contributed by atoms with Crippen molar-refractivity contribution in [3.05, 3.63) is 65.7 Å². The topological polar surface area (TPSA) is 33.2 Å². The van der Waals surface area contributed by atoms with Crippen molar-refractivity contribution in [3.8, 4) is 10.6 Å². The first-order valence-electron chi connectivity index (χ1n) is 10.7. The number of carbonyl (C=O) groups is 1. The summed E-state index contributed by atoms with van der Waals surface area (Å²) in [5.41, 5.74) is 5.22. The second kappa shape index (κ2) is 6.39. The molecule has 2 atom stereocenters. The van der Waals surface area contributed by atoms with E-state index in [1.807, 2.05) is 11.9 Å². The van der Waals surface area contributed by atoms with Gasteiger partial charge in [0, 0.05) is 35.9 Å². The number of likely N-dealkylation sites (N-methyl/N-ethyl adjacent to an activating group) is 1. The maximum Gasteiger partial charge on any atom is 0.222 e. The van der Waals surface area contributed by atoms with Gasteiger partial charge in [-0.2, -0.15) is 0 Å². The molecule has 1 saturated heterocycles. The predicted octanol–water partition coefficient (Wildman–Crippen LogP) is 5.94. The molecule has 1 amide bonds. The van der Waals surface area contributed by atoms with Crippen LogP contribution in [0.4, 0.5) is 0 Å². The van der Waals surface area contributed by atoms with Crippen LogP contribution < -0.4 is 0 Å². The minimum absolute atomic E-state index is 0.0541. The maximum atomic E-state index is 12.2. The van der Waals surface area contributed by atoms with E-state index in [9.17, 15) is 4.79 Å². The molecule has 1 fully saturated rings. The van der Waals surface area contributed by atoms with E-state index in [4.69, 9.17) is 4.98 Å². The number of aryl methyl sites for hydroxylation is 1. The van der Waals surface area contributed by atoms with Crippen molar-refractivity contribution in [2.24, 2.45) is 0 Å². The summed E-state index contributed by atoms with van der Waals surface area (Å²) >= 11 is 1.77. The molecule has 3 aromatic carbocycles. The number of fused-ring (bicyclic) bond motifs is 6. The fourth-order valence-electron chi connectivity index (χ4n) is 5.70. The van der Waals surface area contributed by atoms with Crippen LogP contribution in [0.25, 0.3) is 31.6 Å². The Kier molecular flexibility index (Phi) is 3.85. The molecule has 4 heteroatoms. The molecule has 0 unspecified atom stereocenters. The average molecular weight is 413 g/mol. The SMILES string of the molecule is CN1C(=O)CC[C@]2(C)c3ccc(-c4nc5c(ccc6ccccc65)s4)cc3CC[C@@H]12. The van der Waals surface area contributed by atoms with E-state index in [0.717, 1.165) is 29.8 Å². The Morgan fingerprint density at radius 2 is 1.97 bits per heavy atom. The van der Waals surface area contributed by atoms with E-state index >= 15 is 0 Å². The van der Waals surface area contributed by atoms with E-state index in [0.29, 0.717) is 18.4 Å². The summed E-state index contributed by atoms with van der Waals surface area (Å²) in [5.74, 6) is 0.291. The Morgan fingerprint density at radius 3 is 2.87 bits per heavy atom. The van der Waals surface area contributed by atoms with Crippen molar-refractivity contribution < 1.29 is 4.79 Å². The molecule has 4 aromatic rings. The van der Waals surface area contributed by atoms with Gasteiger partial charge in [-0.3, -0.25) is 4.79 Å². The lowest BCUT2D eigenvalue weighted by Crippen LogP contribution is -2.56. The van der Waals surface area contributed by atoms with Crippen molar-refractivity contribution in [1.29, 1.82) is 0 Å². The van der Waals surface area contributed by atoms with Gasteiger partial charge in [0.05, 0.1) is 10.2 Å². The Morgan fingerprint density at radius 1 is 1.10 bits per heavy atom. The molecule has 2 heterocycles. The third kappa shape index (κ3) is 2.50. The molecule has 3 nitrogen and oxygen atoms in total. The third-order valence-corrected chi connectivity index (χ3v) is 8.46. The summed E-state index contributed by atoms with van der Waals surface area (Å²) < 4.78 is 1.24. The standard InChI is InChI=1S/C26H24N2OS/c1-26-14-13-23(29)28(2)22(26)12-9-17-15-18(7-10-20(17)26)25-27-24-19-6-4-3-5-16(19)8-11-21(24)30-25/h3-8,10-11,15,22H,9,12-14H2,1-2H3/t22-,26-/m1/s1. The number of nitrogens with zero attached hydrogens (tertiary/aromatic N) is 2. The zero-order valence-electron chi connectivity index (χ0n) is 17.3. The number of carbonyl (C=O) groups excluding carboxylic acids is 1. The molecule has 1 aromatic heterocycles. The number of likely N-dealkylation sites (tertiary alicyclic amines) is 1. The van der Waals surface area contributed by atoms with Crippen LogP contribution in [0.3, 0.4) is 0 Å². The molecule has 0 radical (unpaired) electrons. The van der Waals surface area contributed by atoms with Crippen LogP contribution >= 0.6 is 11.3 Å². The first kappa shape index (κ1) is 18.1. The minimum Gasteiger partial charge on any atom is -0.342 e. The number of piperidine rings is 1. The van der Waals surface area contributed by atoms with Crippen molar-refractivity contribution >= 4 is 38.2 Å². The van der Waals surface area contributed by atoms with Crippen LogP contribution in [0, 0.1) is 0 Å². The van der Waals surface area contributed by atoms with E-state index in [2.05, 4.69) is 61.5 Å². The largest absolute Gasteiger partial charge is 0.342 e. The molecule has 0 N–H and O–H groups in total. The van der Waals surface area contributed by atoms with E-state index < -0.39 is 0 Å². The van der Waals surface area contributed by atoms with Gasteiger partial charge >= 0.3 is 0 Å². The quantitative estimate of drug-likeness (QED) is 0.387. The number of benzene rings is 3. The lowest BCUT2D eigenvalue weighted by atomic mass is 9.63. The Hall–Kier alpha value is -2.72. The van der Waals surface area contributed by atoms with Gasteiger partial charge in [0.2, 0.25) is 5.91 Å². The lowest BCUT2D eigenvalue weighted by molar-refractivity contribution is -0.138. The number of hydrogen-bond donors (Lipinski definition) is 0. The molecule has 0 bridgehead atoms. The molecule has 1 aliphatic carbocycles. The number of amides is 1. The summed E-state index contributed by atoms with van der Waals surface area (Å²) in [5, 5.41) is 3.55. The Bertz CT molecular complexity index is 1320. The number of rotatable bonds is 1. The van der Waals surface area contributed by atoms with Gasteiger partial charge in [-0.15, -0.1) is 11.3 Å². The van der Waals surface area contributed by atoms with E-state index in [-0.39, 0.29) is 5.41 Å². The van der Waals surface area contributed by atoms with Gasteiger partial charge in [-0.25, -0.2) is 4.98 Å². The molecule has 1 aliphatic heterocycles. The summed E-state index contributed by atoms with van der Waals surface area (Å²) in [6, 6.07) is 20.1. The first-order chi connectivity index (χ1) is 14.5. The summed E-state index contributed by atoms with van der Waals surface area (Å²) in [6.07, 6.45) is 3.66. The second-order valence-electron chi connectivity index (χ2n) is 9.00. The van der Waals surface area contributed by atoms with E-state index in [1.165, 1.54) is 32.2 Å². The third-order valence-electron chi connectivity index (χ3n) is 7.39. The average Bonchev–Trinajstić information content (AvgIpc) is 3.21. The Labute approximate surface area is 180 Å². The molecular formula is C26H24N2OS. The fraction of sp³-hybridized carbons (Fsp3) is 0.308. The van der Waals surface area contributed by atoms with Gasteiger partial charge in [-0.1, -0.05) is 49.4 Å². The predicted molar refractivity (Wildman–Crippen MR) is 124 cm³/mol. The highest BCUT2D eigenvalue weighted by molar-refractivity contribution is 7.21. The van der Waals surface area contributed by atoms with Crippen LogP contribution in [0.5, 0.6) is 0 Å². The second-order valence-corrected chi connectivity index (χ2v) is 10.0.